The Morgan fingerprint density at radius 2 is 1.71 bits per heavy atom. The highest BCUT2D eigenvalue weighted by atomic mass is 16.5. The topological polar surface area (TPSA) is 96.9 Å². The zero-order valence-corrected chi connectivity index (χ0v) is 12.1. The van der Waals surface area contributed by atoms with E-state index in [1.165, 1.54) is 14.2 Å². The first-order chi connectivity index (χ1) is 10.0. The minimum atomic E-state index is -0.831. The lowest BCUT2D eigenvalue weighted by Gasteiger charge is -2.10. The van der Waals surface area contributed by atoms with Crippen LogP contribution in [0.4, 0.5) is 10.5 Å². The van der Waals surface area contributed by atoms with Gasteiger partial charge in [0.2, 0.25) is 0 Å². The SMILES string of the molecule is COc1cc(NC(=O)NCCCCC(=O)O)cc(OC)c1. The van der Waals surface area contributed by atoms with Crippen LogP contribution < -0.4 is 20.1 Å². The second-order valence-corrected chi connectivity index (χ2v) is 4.33. The number of urea groups is 1. The normalized spacial score (nSPS) is 9.81. The molecule has 0 aliphatic rings. The second-order valence-electron chi connectivity index (χ2n) is 4.33. The summed E-state index contributed by atoms with van der Waals surface area (Å²) in [6.07, 6.45) is 1.25. The fourth-order valence-electron chi connectivity index (χ4n) is 1.66. The number of carboxylic acid groups (broad SMARTS) is 1. The van der Waals surface area contributed by atoms with Crippen molar-refractivity contribution in [2.45, 2.75) is 19.3 Å². The summed E-state index contributed by atoms with van der Waals surface area (Å²) in [6, 6.07) is 4.69. The number of carboxylic acids is 1. The third-order valence-electron chi connectivity index (χ3n) is 2.71. The summed E-state index contributed by atoms with van der Waals surface area (Å²) in [5, 5.41) is 13.8. The number of benzene rings is 1. The van der Waals surface area contributed by atoms with E-state index in [9.17, 15) is 9.59 Å². The number of carbonyl (C=O) groups excluding carboxylic acids is 1. The van der Waals surface area contributed by atoms with Gasteiger partial charge in [0.25, 0.3) is 0 Å². The maximum atomic E-state index is 11.7. The molecule has 0 radical (unpaired) electrons. The smallest absolute Gasteiger partial charge is 0.319 e. The van der Waals surface area contributed by atoms with E-state index in [0.717, 1.165) is 0 Å². The summed E-state index contributed by atoms with van der Waals surface area (Å²) in [5.41, 5.74) is 0.550. The molecule has 7 heteroatoms. The number of nitrogens with one attached hydrogen (secondary N) is 2. The molecule has 0 heterocycles. The molecule has 0 bridgehead atoms. The Hall–Kier alpha value is -2.44. The average Bonchev–Trinajstić information content (AvgIpc) is 2.46. The van der Waals surface area contributed by atoms with Crippen LogP contribution in [0.2, 0.25) is 0 Å². The molecule has 0 saturated carbocycles. The molecule has 116 valence electrons. The number of methoxy groups -OCH3 is 2. The van der Waals surface area contributed by atoms with Crippen LogP contribution in [0.1, 0.15) is 19.3 Å². The van der Waals surface area contributed by atoms with E-state index in [1.807, 2.05) is 0 Å². The largest absolute Gasteiger partial charge is 0.497 e. The molecule has 0 saturated heterocycles. The van der Waals surface area contributed by atoms with Crippen LogP contribution in [0.3, 0.4) is 0 Å². The molecule has 3 N–H and O–H groups in total. The lowest BCUT2D eigenvalue weighted by Crippen LogP contribution is -2.29. The van der Waals surface area contributed by atoms with Crippen LogP contribution in [-0.4, -0.2) is 37.9 Å². The van der Waals surface area contributed by atoms with Crippen molar-refractivity contribution in [3.05, 3.63) is 18.2 Å². The van der Waals surface area contributed by atoms with Crippen molar-refractivity contribution < 1.29 is 24.2 Å². The summed E-state index contributed by atoms with van der Waals surface area (Å²) in [5.74, 6) is 0.320. The summed E-state index contributed by atoms with van der Waals surface area (Å²) >= 11 is 0. The highest BCUT2D eigenvalue weighted by Gasteiger charge is 2.05. The van der Waals surface area contributed by atoms with Gasteiger partial charge in [-0.15, -0.1) is 0 Å². The molecule has 0 aliphatic carbocycles. The van der Waals surface area contributed by atoms with Gasteiger partial charge in [-0.2, -0.15) is 0 Å². The van der Waals surface area contributed by atoms with Crippen LogP contribution in [0.25, 0.3) is 0 Å². The van der Waals surface area contributed by atoms with Crippen molar-refractivity contribution in [2.24, 2.45) is 0 Å². The van der Waals surface area contributed by atoms with Crippen molar-refractivity contribution >= 4 is 17.7 Å². The van der Waals surface area contributed by atoms with E-state index in [4.69, 9.17) is 14.6 Å². The molecule has 2 amide bonds. The van der Waals surface area contributed by atoms with E-state index in [1.54, 1.807) is 18.2 Å². The zero-order valence-electron chi connectivity index (χ0n) is 12.1. The number of unbranched alkanes of at least 4 members (excludes halogenated alkanes) is 1. The quantitative estimate of drug-likeness (QED) is 0.638. The summed E-state index contributed by atoms with van der Waals surface area (Å²) in [7, 11) is 3.06. The molecule has 1 aromatic rings. The van der Waals surface area contributed by atoms with E-state index in [0.29, 0.717) is 36.6 Å². The van der Waals surface area contributed by atoms with Crippen LogP contribution in [0.15, 0.2) is 18.2 Å². The monoisotopic (exact) mass is 296 g/mol. The van der Waals surface area contributed by atoms with Gasteiger partial charge in [-0.1, -0.05) is 0 Å². The number of aliphatic carboxylic acids is 1. The van der Waals surface area contributed by atoms with Gasteiger partial charge in [0, 0.05) is 36.9 Å². The van der Waals surface area contributed by atoms with Crippen molar-refractivity contribution in [2.75, 3.05) is 26.1 Å². The summed E-state index contributed by atoms with van der Waals surface area (Å²) in [6.45, 7) is 0.417. The molecule has 0 atom stereocenters. The predicted molar refractivity (Wildman–Crippen MR) is 78.1 cm³/mol. The van der Waals surface area contributed by atoms with Gasteiger partial charge in [0.15, 0.2) is 0 Å². The average molecular weight is 296 g/mol. The number of hydrogen-bond donors (Lipinski definition) is 3. The summed E-state index contributed by atoms with van der Waals surface area (Å²) in [4.78, 5) is 22.0. The number of amides is 2. The Kier molecular flexibility index (Phi) is 6.86. The minimum Gasteiger partial charge on any atom is -0.497 e. The van der Waals surface area contributed by atoms with E-state index >= 15 is 0 Å². The van der Waals surface area contributed by atoms with Crippen LogP contribution in [0.5, 0.6) is 11.5 Å². The number of anilines is 1. The third kappa shape index (κ3) is 6.51. The second kappa shape index (κ2) is 8.68. The van der Waals surface area contributed by atoms with Gasteiger partial charge in [-0.25, -0.2) is 4.79 Å². The Bertz CT molecular complexity index is 468. The molecular weight excluding hydrogens is 276 g/mol. The molecule has 0 aliphatic heterocycles. The van der Waals surface area contributed by atoms with Crippen molar-refractivity contribution in [1.29, 1.82) is 0 Å². The molecule has 1 rings (SSSR count). The first-order valence-electron chi connectivity index (χ1n) is 6.55. The van der Waals surface area contributed by atoms with Crippen molar-refractivity contribution in [3.8, 4) is 11.5 Å². The van der Waals surface area contributed by atoms with Crippen LogP contribution >= 0.6 is 0 Å². The van der Waals surface area contributed by atoms with E-state index < -0.39 is 5.97 Å². The van der Waals surface area contributed by atoms with Gasteiger partial charge in [0.05, 0.1) is 14.2 Å². The lowest BCUT2D eigenvalue weighted by atomic mass is 10.2. The Morgan fingerprint density at radius 1 is 1.10 bits per heavy atom. The minimum absolute atomic E-state index is 0.108. The maximum Gasteiger partial charge on any atom is 0.319 e. The molecule has 0 spiro atoms. The van der Waals surface area contributed by atoms with Gasteiger partial charge >= 0.3 is 12.0 Å². The highest BCUT2D eigenvalue weighted by molar-refractivity contribution is 5.89. The van der Waals surface area contributed by atoms with Gasteiger partial charge in [0.1, 0.15) is 11.5 Å². The lowest BCUT2D eigenvalue weighted by molar-refractivity contribution is -0.137. The fraction of sp³-hybridized carbons (Fsp3) is 0.429. The zero-order chi connectivity index (χ0) is 15.7. The standard InChI is InChI=1S/C14H20N2O5/c1-20-11-7-10(8-12(9-11)21-2)16-14(19)15-6-4-3-5-13(17)18/h7-9H,3-6H2,1-2H3,(H,17,18)(H2,15,16,19). The number of rotatable bonds is 8. The molecular formula is C14H20N2O5. The molecule has 0 fully saturated rings. The first-order valence-corrected chi connectivity index (χ1v) is 6.55. The Balaban J connectivity index is 2.42. The van der Waals surface area contributed by atoms with Crippen molar-refractivity contribution in [1.82, 2.24) is 5.32 Å². The number of ether oxygens (including phenoxy) is 2. The van der Waals surface area contributed by atoms with Gasteiger partial charge in [-0.05, 0) is 12.8 Å². The Labute approximate surface area is 123 Å². The molecule has 0 aromatic heterocycles. The fourth-order valence-corrected chi connectivity index (χ4v) is 1.66. The molecule has 1 aromatic carbocycles. The van der Waals surface area contributed by atoms with E-state index in [2.05, 4.69) is 10.6 Å². The number of carbonyl (C=O) groups is 2. The maximum absolute atomic E-state index is 11.7. The predicted octanol–water partition coefficient (Wildman–Crippen LogP) is 2.08. The molecule has 0 unspecified atom stereocenters. The first kappa shape index (κ1) is 16.6. The van der Waals surface area contributed by atoms with Crippen LogP contribution in [0, 0.1) is 0 Å². The Morgan fingerprint density at radius 3 is 2.24 bits per heavy atom. The summed E-state index contributed by atoms with van der Waals surface area (Å²) < 4.78 is 10.2. The third-order valence-corrected chi connectivity index (χ3v) is 2.71. The van der Waals surface area contributed by atoms with Crippen molar-refractivity contribution in [3.63, 3.8) is 0 Å². The van der Waals surface area contributed by atoms with Gasteiger partial charge in [-0.3, -0.25) is 4.79 Å². The highest BCUT2D eigenvalue weighted by Crippen LogP contribution is 2.25. The molecule has 7 nitrogen and oxygen atoms in total. The van der Waals surface area contributed by atoms with E-state index in [-0.39, 0.29) is 12.5 Å². The van der Waals surface area contributed by atoms with Gasteiger partial charge < -0.3 is 25.2 Å². The molecule has 21 heavy (non-hydrogen) atoms. The number of hydrogen-bond acceptors (Lipinski definition) is 4. The van der Waals surface area contributed by atoms with Crippen LogP contribution in [-0.2, 0) is 4.79 Å².